The number of benzene rings is 1. The van der Waals surface area contributed by atoms with E-state index in [1.807, 2.05) is 0 Å². The molecule has 0 aromatic heterocycles. The highest BCUT2D eigenvalue weighted by atomic mass is 19.4. The number of rotatable bonds is 6. The maximum Gasteiger partial charge on any atom is 0.416 e. The van der Waals surface area contributed by atoms with Crippen molar-refractivity contribution in [2.45, 2.75) is 50.9 Å². The predicted molar refractivity (Wildman–Crippen MR) is 80.6 cm³/mol. The fourth-order valence-electron chi connectivity index (χ4n) is 3.13. The van der Waals surface area contributed by atoms with Crippen molar-refractivity contribution < 1.29 is 22.3 Å². The van der Waals surface area contributed by atoms with Gasteiger partial charge in [0.1, 0.15) is 5.82 Å². The van der Waals surface area contributed by atoms with Crippen LogP contribution in [0.5, 0.6) is 0 Å². The zero-order chi connectivity index (χ0) is 16.9. The Labute approximate surface area is 134 Å². The first-order valence-electron chi connectivity index (χ1n) is 8.00. The molecule has 1 fully saturated rings. The van der Waals surface area contributed by atoms with E-state index in [2.05, 4.69) is 4.90 Å². The molecule has 2 rings (SSSR count). The van der Waals surface area contributed by atoms with E-state index >= 15 is 0 Å². The second kappa shape index (κ2) is 8.11. The van der Waals surface area contributed by atoms with Crippen LogP contribution >= 0.6 is 0 Å². The molecule has 0 bridgehead atoms. The summed E-state index contributed by atoms with van der Waals surface area (Å²) in [4.78, 5) is 2.19. The fraction of sp³-hybridized carbons (Fsp3) is 0.647. The number of ether oxygens (including phenoxy) is 1. The summed E-state index contributed by atoms with van der Waals surface area (Å²) in [6.07, 6.45) is 0.634. The molecule has 1 aliphatic heterocycles. The fourth-order valence-corrected chi connectivity index (χ4v) is 3.13. The van der Waals surface area contributed by atoms with Crippen LogP contribution in [0.2, 0.25) is 0 Å². The minimum absolute atomic E-state index is 0.330. The Bertz CT molecular complexity index is 504. The number of alkyl halides is 3. The summed E-state index contributed by atoms with van der Waals surface area (Å²) in [6.45, 7) is 1.92. The molecule has 1 aromatic rings. The zero-order valence-corrected chi connectivity index (χ0v) is 13.3. The van der Waals surface area contributed by atoms with Crippen LogP contribution in [0.25, 0.3) is 0 Å². The summed E-state index contributed by atoms with van der Waals surface area (Å²) in [5.41, 5.74) is -0.606. The second-order valence-corrected chi connectivity index (χ2v) is 6.06. The summed E-state index contributed by atoms with van der Waals surface area (Å²) in [7, 11) is 1.66. The smallest absolute Gasteiger partial charge is 0.385 e. The van der Waals surface area contributed by atoms with Gasteiger partial charge in [-0.1, -0.05) is 12.5 Å². The highest BCUT2D eigenvalue weighted by molar-refractivity contribution is 5.26. The molecule has 6 heteroatoms. The van der Waals surface area contributed by atoms with Gasteiger partial charge in [0.15, 0.2) is 0 Å². The van der Waals surface area contributed by atoms with Crippen molar-refractivity contribution >= 4 is 0 Å². The van der Waals surface area contributed by atoms with Crippen LogP contribution in [-0.4, -0.2) is 31.2 Å². The number of methoxy groups -OCH3 is 1. The van der Waals surface area contributed by atoms with Gasteiger partial charge >= 0.3 is 6.18 Å². The van der Waals surface area contributed by atoms with Crippen LogP contribution < -0.4 is 0 Å². The van der Waals surface area contributed by atoms with Crippen molar-refractivity contribution in [2.24, 2.45) is 0 Å². The average Bonchev–Trinajstić information content (AvgIpc) is 2.50. The van der Waals surface area contributed by atoms with E-state index in [0.29, 0.717) is 30.8 Å². The maximum absolute atomic E-state index is 14.0. The molecule has 1 aliphatic rings. The van der Waals surface area contributed by atoms with E-state index in [9.17, 15) is 17.6 Å². The minimum atomic E-state index is -4.51. The summed E-state index contributed by atoms with van der Waals surface area (Å²) >= 11 is 0. The van der Waals surface area contributed by atoms with E-state index in [1.165, 1.54) is 6.07 Å². The molecule has 130 valence electrons. The SMILES string of the molecule is COCCC[C@@H]1CCCCN1Cc1ccc(C(F)(F)F)cc1F. The molecule has 0 unspecified atom stereocenters. The molecule has 0 spiro atoms. The van der Waals surface area contributed by atoms with Crippen molar-refractivity contribution in [1.82, 2.24) is 4.90 Å². The van der Waals surface area contributed by atoms with Gasteiger partial charge in [-0.3, -0.25) is 4.90 Å². The highest BCUT2D eigenvalue weighted by Gasteiger charge is 2.31. The van der Waals surface area contributed by atoms with E-state index < -0.39 is 17.6 Å². The van der Waals surface area contributed by atoms with Crippen LogP contribution in [0.4, 0.5) is 17.6 Å². The Morgan fingerprint density at radius 3 is 2.70 bits per heavy atom. The second-order valence-electron chi connectivity index (χ2n) is 6.06. The van der Waals surface area contributed by atoms with E-state index in [-0.39, 0.29) is 0 Å². The van der Waals surface area contributed by atoms with E-state index in [4.69, 9.17) is 4.74 Å². The van der Waals surface area contributed by atoms with Crippen LogP contribution in [-0.2, 0) is 17.5 Å². The number of hydrogen-bond acceptors (Lipinski definition) is 2. The summed E-state index contributed by atoms with van der Waals surface area (Å²) in [5.74, 6) is -0.777. The molecule has 23 heavy (non-hydrogen) atoms. The molecule has 1 saturated heterocycles. The number of piperidine rings is 1. The summed E-state index contributed by atoms with van der Waals surface area (Å²) in [5, 5.41) is 0. The third kappa shape index (κ3) is 5.18. The lowest BCUT2D eigenvalue weighted by molar-refractivity contribution is -0.137. The Morgan fingerprint density at radius 1 is 1.26 bits per heavy atom. The third-order valence-corrected chi connectivity index (χ3v) is 4.39. The Hall–Kier alpha value is -1.14. The molecule has 0 amide bonds. The molecule has 0 aliphatic carbocycles. The van der Waals surface area contributed by atoms with Gasteiger partial charge in [-0.05, 0) is 44.4 Å². The molecule has 0 saturated carbocycles. The predicted octanol–water partition coefficient (Wildman–Crippen LogP) is 4.63. The Balaban J connectivity index is 2.04. The van der Waals surface area contributed by atoms with Gasteiger partial charge in [0, 0.05) is 31.9 Å². The van der Waals surface area contributed by atoms with Crippen molar-refractivity contribution in [3.05, 3.63) is 35.1 Å². The first-order chi connectivity index (χ1) is 10.9. The average molecular weight is 333 g/mol. The lowest BCUT2D eigenvalue weighted by Crippen LogP contribution is -2.39. The maximum atomic E-state index is 14.0. The van der Waals surface area contributed by atoms with Gasteiger partial charge in [-0.2, -0.15) is 13.2 Å². The zero-order valence-electron chi connectivity index (χ0n) is 13.3. The lowest BCUT2D eigenvalue weighted by Gasteiger charge is -2.36. The highest BCUT2D eigenvalue weighted by Crippen LogP contribution is 2.31. The molecule has 2 nitrogen and oxygen atoms in total. The third-order valence-electron chi connectivity index (χ3n) is 4.39. The molecular formula is C17H23F4NO. The summed E-state index contributed by atoms with van der Waals surface area (Å²) in [6, 6.07) is 3.17. The summed E-state index contributed by atoms with van der Waals surface area (Å²) < 4.78 is 56.9. The standard InChI is InChI=1S/C17H23F4NO/c1-23-10-4-6-15-5-2-3-9-22(15)12-13-7-8-14(11-16(13)18)17(19,20)21/h7-8,11,15H,2-6,9-10,12H2,1H3/t15-/m0/s1. The molecular weight excluding hydrogens is 310 g/mol. The van der Waals surface area contributed by atoms with E-state index in [1.54, 1.807) is 7.11 Å². The van der Waals surface area contributed by atoms with E-state index in [0.717, 1.165) is 44.7 Å². The van der Waals surface area contributed by atoms with Gasteiger partial charge < -0.3 is 4.74 Å². The van der Waals surface area contributed by atoms with Crippen molar-refractivity contribution in [2.75, 3.05) is 20.3 Å². The van der Waals surface area contributed by atoms with Crippen molar-refractivity contribution in [3.8, 4) is 0 Å². The minimum Gasteiger partial charge on any atom is -0.385 e. The van der Waals surface area contributed by atoms with Crippen LogP contribution in [0.3, 0.4) is 0 Å². The molecule has 1 heterocycles. The van der Waals surface area contributed by atoms with Crippen molar-refractivity contribution in [1.29, 1.82) is 0 Å². The monoisotopic (exact) mass is 333 g/mol. The van der Waals surface area contributed by atoms with Crippen LogP contribution in [0, 0.1) is 5.82 Å². The number of nitrogens with zero attached hydrogens (tertiary/aromatic N) is 1. The molecule has 0 radical (unpaired) electrons. The molecule has 1 aromatic carbocycles. The van der Waals surface area contributed by atoms with Crippen LogP contribution in [0.15, 0.2) is 18.2 Å². The first kappa shape index (κ1) is 18.2. The number of halogens is 4. The van der Waals surface area contributed by atoms with Crippen LogP contribution in [0.1, 0.15) is 43.2 Å². The topological polar surface area (TPSA) is 12.5 Å². The van der Waals surface area contributed by atoms with Gasteiger partial charge in [-0.25, -0.2) is 4.39 Å². The number of hydrogen-bond donors (Lipinski definition) is 0. The first-order valence-corrected chi connectivity index (χ1v) is 8.00. The van der Waals surface area contributed by atoms with Gasteiger partial charge in [0.2, 0.25) is 0 Å². The lowest BCUT2D eigenvalue weighted by atomic mass is 9.97. The Morgan fingerprint density at radius 2 is 2.04 bits per heavy atom. The van der Waals surface area contributed by atoms with Gasteiger partial charge in [-0.15, -0.1) is 0 Å². The molecule has 0 N–H and O–H groups in total. The quantitative estimate of drug-likeness (QED) is 0.556. The Kier molecular flexibility index (Phi) is 6.41. The van der Waals surface area contributed by atoms with Gasteiger partial charge in [0.05, 0.1) is 5.56 Å². The molecule has 1 atom stereocenters. The normalized spacial score (nSPS) is 20.0. The van der Waals surface area contributed by atoms with Crippen molar-refractivity contribution in [3.63, 3.8) is 0 Å². The van der Waals surface area contributed by atoms with Gasteiger partial charge in [0.25, 0.3) is 0 Å². The largest absolute Gasteiger partial charge is 0.416 e. The number of likely N-dealkylation sites (tertiary alicyclic amines) is 1.